The molecule has 1 saturated heterocycles. The summed E-state index contributed by atoms with van der Waals surface area (Å²) in [7, 11) is 0. The van der Waals surface area contributed by atoms with Crippen molar-refractivity contribution in [2.24, 2.45) is 5.92 Å². The van der Waals surface area contributed by atoms with Crippen LogP contribution in [0.3, 0.4) is 0 Å². The zero-order valence-corrected chi connectivity index (χ0v) is 12.7. The number of hydrogen-bond donors (Lipinski definition) is 0. The number of hydrogen-bond acceptors (Lipinski definition) is 1. The Morgan fingerprint density at radius 1 is 1.44 bits per heavy atom. The Morgan fingerprint density at radius 3 is 2.88 bits per heavy atom. The quantitative estimate of drug-likeness (QED) is 0.724. The summed E-state index contributed by atoms with van der Waals surface area (Å²) in [4.78, 5) is 2.52. The van der Waals surface area contributed by atoms with Gasteiger partial charge in [-0.15, -0.1) is 0 Å². The molecule has 1 fully saturated rings. The van der Waals surface area contributed by atoms with Crippen molar-refractivity contribution in [1.82, 2.24) is 0 Å². The average Bonchev–Trinajstić information content (AvgIpc) is 2.77. The first kappa shape index (κ1) is 12.4. The van der Waals surface area contributed by atoms with Crippen LogP contribution in [0.15, 0.2) is 22.7 Å². The predicted molar refractivity (Wildman–Crippen MR) is 77.4 cm³/mol. The first-order valence-corrected chi connectivity index (χ1v) is 7.75. The molecule has 1 nitrogen and oxygen atoms in total. The van der Waals surface area contributed by atoms with E-state index in [-0.39, 0.29) is 0 Å². The minimum Gasteiger partial charge on any atom is -0.371 e. The third-order valence-corrected chi connectivity index (χ3v) is 4.49. The lowest BCUT2D eigenvalue weighted by Gasteiger charge is -2.21. The summed E-state index contributed by atoms with van der Waals surface area (Å²) in [5.74, 6) is 0.881. The van der Waals surface area contributed by atoms with Gasteiger partial charge < -0.3 is 4.90 Å². The highest BCUT2D eigenvalue weighted by molar-refractivity contribution is 9.10. The van der Waals surface area contributed by atoms with E-state index in [0.717, 1.165) is 15.7 Å². The van der Waals surface area contributed by atoms with Crippen molar-refractivity contribution in [3.63, 3.8) is 0 Å². The Labute approximate surface area is 114 Å². The largest absolute Gasteiger partial charge is 0.371 e. The SMILES string of the molecule is CCC1CCN(c2ccc(Br)cc2CBr)C1. The fourth-order valence-electron chi connectivity index (χ4n) is 2.35. The molecule has 88 valence electrons. The molecule has 1 aliphatic rings. The van der Waals surface area contributed by atoms with E-state index in [1.807, 2.05) is 0 Å². The molecule has 0 aromatic heterocycles. The molecule has 0 amide bonds. The van der Waals surface area contributed by atoms with Gasteiger partial charge >= 0.3 is 0 Å². The van der Waals surface area contributed by atoms with Crippen molar-refractivity contribution >= 4 is 37.5 Å². The van der Waals surface area contributed by atoms with Crippen LogP contribution in [-0.2, 0) is 5.33 Å². The van der Waals surface area contributed by atoms with Gasteiger partial charge in [-0.3, -0.25) is 0 Å². The first-order chi connectivity index (χ1) is 7.74. The van der Waals surface area contributed by atoms with Crippen molar-refractivity contribution in [2.45, 2.75) is 25.1 Å². The van der Waals surface area contributed by atoms with Gasteiger partial charge in [0, 0.05) is 28.6 Å². The summed E-state index contributed by atoms with van der Waals surface area (Å²) >= 11 is 7.11. The topological polar surface area (TPSA) is 3.24 Å². The minimum absolute atomic E-state index is 0.881. The molecular formula is C13H17Br2N. The maximum atomic E-state index is 3.57. The van der Waals surface area contributed by atoms with E-state index in [1.54, 1.807) is 0 Å². The Balaban J connectivity index is 2.20. The highest BCUT2D eigenvalue weighted by atomic mass is 79.9. The van der Waals surface area contributed by atoms with Crippen molar-refractivity contribution < 1.29 is 0 Å². The second-order valence-electron chi connectivity index (χ2n) is 4.42. The number of rotatable bonds is 3. The standard InChI is InChI=1S/C13H17Br2N/c1-2-10-5-6-16(9-10)13-4-3-12(15)7-11(13)8-14/h3-4,7,10H,2,5-6,8-9H2,1H3. The molecule has 16 heavy (non-hydrogen) atoms. The molecule has 1 atom stereocenters. The highest BCUT2D eigenvalue weighted by Crippen LogP contribution is 2.31. The number of nitrogens with zero attached hydrogens (tertiary/aromatic N) is 1. The fourth-order valence-corrected chi connectivity index (χ4v) is 3.21. The summed E-state index contributed by atoms with van der Waals surface area (Å²) in [5.41, 5.74) is 2.78. The van der Waals surface area contributed by atoms with E-state index in [4.69, 9.17) is 0 Å². The van der Waals surface area contributed by atoms with Gasteiger partial charge in [-0.2, -0.15) is 0 Å². The predicted octanol–water partition coefficient (Wildman–Crippen LogP) is 4.58. The normalized spacial score (nSPS) is 20.4. The van der Waals surface area contributed by atoms with Crippen LogP contribution in [-0.4, -0.2) is 13.1 Å². The van der Waals surface area contributed by atoms with Crippen LogP contribution in [0.1, 0.15) is 25.3 Å². The summed E-state index contributed by atoms with van der Waals surface area (Å²) in [6.07, 6.45) is 2.64. The van der Waals surface area contributed by atoms with Gasteiger partial charge in [-0.05, 0) is 36.1 Å². The van der Waals surface area contributed by atoms with E-state index in [2.05, 4.69) is 61.9 Å². The van der Waals surface area contributed by atoms with Crippen LogP contribution in [0.25, 0.3) is 0 Å². The van der Waals surface area contributed by atoms with Gasteiger partial charge in [0.15, 0.2) is 0 Å². The third-order valence-electron chi connectivity index (χ3n) is 3.39. The van der Waals surface area contributed by atoms with Crippen LogP contribution in [0, 0.1) is 5.92 Å². The lowest BCUT2D eigenvalue weighted by molar-refractivity contribution is 0.569. The van der Waals surface area contributed by atoms with E-state index < -0.39 is 0 Å². The van der Waals surface area contributed by atoms with E-state index in [0.29, 0.717) is 0 Å². The van der Waals surface area contributed by atoms with Gasteiger partial charge in [0.1, 0.15) is 0 Å². The van der Waals surface area contributed by atoms with Crippen LogP contribution >= 0.6 is 31.9 Å². The second-order valence-corrected chi connectivity index (χ2v) is 5.89. The molecule has 0 aliphatic carbocycles. The van der Waals surface area contributed by atoms with Crippen molar-refractivity contribution in [3.8, 4) is 0 Å². The van der Waals surface area contributed by atoms with Gasteiger partial charge in [-0.25, -0.2) is 0 Å². The second kappa shape index (κ2) is 5.54. The van der Waals surface area contributed by atoms with Gasteiger partial charge in [0.25, 0.3) is 0 Å². The summed E-state index contributed by atoms with van der Waals surface area (Å²) < 4.78 is 1.16. The average molecular weight is 347 g/mol. The molecule has 0 bridgehead atoms. The molecule has 0 radical (unpaired) electrons. The highest BCUT2D eigenvalue weighted by Gasteiger charge is 2.22. The Hall–Kier alpha value is -0.0200. The molecule has 0 saturated carbocycles. The first-order valence-electron chi connectivity index (χ1n) is 5.84. The van der Waals surface area contributed by atoms with Crippen LogP contribution < -0.4 is 4.90 Å². The van der Waals surface area contributed by atoms with Crippen LogP contribution in [0.2, 0.25) is 0 Å². The number of halogens is 2. The Bertz CT molecular complexity index is 365. The van der Waals surface area contributed by atoms with Gasteiger partial charge in [0.05, 0.1) is 0 Å². The van der Waals surface area contributed by atoms with Crippen molar-refractivity contribution in [3.05, 3.63) is 28.2 Å². The smallest absolute Gasteiger partial charge is 0.0408 e. The molecule has 1 aromatic carbocycles. The zero-order valence-electron chi connectivity index (χ0n) is 9.55. The molecule has 1 unspecified atom stereocenters. The lowest BCUT2D eigenvalue weighted by atomic mass is 10.1. The molecule has 1 heterocycles. The minimum atomic E-state index is 0.881. The summed E-state index contributed by atoms with van der Waals surface area (Å²) in [6.45, 7) is 4.72. The van der Waals surface area contributed by atoms with E-state index in [1.165, 1.54) is 37.2 Å². The van der Waals surface area contributed by atoms with Crippen molar-refractivity contribution in [1.29, 1.82) is 0 Å². The summed E-state index contributed by atoms with van der Waals surface area (Å²) in [5, 5.41) is 0.926. The van der Waals surface area contributed by atoms with Crippen LogP contribution in [0.4, 0.5) is 5.69 Å². The molecular weight excluding hydrogens is 330 g/mol. The molecule has 1 aromatic rings. The van der Waals surface area contributed by atoms with Crippen molar-refractivity contribution in [2.75, 3.05) is 18.0 Å². The molecule has 0 N–H and O–H groups in total. The Morgan fingerprint density at radius 2 is 2.25 bits per heavy atom. The van der Waals surface area contributed by atoms with Gasteiger partial charge in [0.2, 0.25) is 0 Å². The molecule has 1 aliphatic heterocycles. The fraction of sp³-hybridized carbons (Fsp3) is 0.538. The Kier molecular flexibility index (Phi) is 4.31. The maximum absolute atomic E-state index is 3.57. The maximum Gasteiger partial charge on any atom is 0.0408 e. The molecule has 2 rings (SSSR count). The molecule has 3 heteroatoms. The zero-order chi connectivity index (χ0) is 11.5. The number of alkyl halides is 1. The number of benzene rings is 1. The molecule has 0 spiro atoms. The van der Waals surface area contributed by atoms with E-state index >= 15 is 0 Å². The monoisotopic (exact) mass is 345 g/mol. The third kappa shape index (κ3) is 2.62. The lowest BCUT2D eigenvalue weighted by Crippen LogP contribution is -2.20. The number of anilines is 1. The summed E-state index contributed by atoms with van der Waals surface area (Å²) in [6, 6.07) is 6.59. The van der Waals surface area contributed by atoms with E-state index in [9.17, 15) is 0 Å². The van der Waals surface area contributed by atoms with Crippen LogP contribution in [0.5, 0.6) is 0 Å². The van der Waals surface area contributed by atoms with Gasteiger partial charge in [-0.1, -0.05) is 45.2 Å².